The molecule has 4 N–H and O–H groups in total. The van der Waals surface area contributed by atoms with Crippen LogP contribution in [0.25, 0.3) is 0 Å². The normalized spacial score (nSPS) is 23.6. The van der Waals surface area contributed by atoms with Gasteiger partial charge in [-0.1, -0.05) is 0 Å². The lowest BCUT2D eigenvalue weighted by Crippen LogP contribution is -2.52. The zero-order valence-corrected chi connectivity index (χ0v) is 10.8. The minimum atomic E-state index is -3.55. The summed E-state index contributed by atoms with van der Waals surface area (Å²) in [5.41, 5.74) is 4.87. The molecule has 1 rings (SSSR count). The topological polar surface area (TPSA) is 99.3 Å². The lowest BCUT2D eigenvalue weighted by molar-refractivity contribution is 0.406. The van der Waals surface area contributed by atoms with Crippen LogP contribution in [0.3, 0.4) is 0 Å². The number of nitrogens with zero attached hydrogens (tertiary/aromatic N) is 1. The van der Waals surface area contributed by atoms with Gasteiger partial charge < -0.3 is 5.73 Å². The molecule has 0 aromatic heterocycles. The molecular formula is C9H20N4O2S. The Morgan fingerprint density at radius 2 is 2.06 bits per heavy atom. The van der Waals surface area contributed by atoms with Gasteiger partial charge in [0.15, 0.2) is 0 Å². The van der Waals surface area contributed by atoms with Crippen LogP contribution in [0.5, 0.6) is 0 Å². The Balaban J connectivity index is 2.87. The van der Waals surface area contributed by atoms with Gasteiger partial charge >= 0.3 is 0 Å². The second-order valence-electron chi connectivity index (χ2n) is 5.08. The molecule has 1 unspecified atom stereocenters. The van der Waals surface area contributed by atoms with Crippen molar-refractivity contribution in [2.45, 2.75) is 45.2 Å². The molecule has 0 radical (unpaired) electrons. The monoisotopic (exact) mass is 248 g/mol. The van der Waals surface area contributed by atoms with Crippen molar-refractivity contribution in [3.8, 4) is 0 Å². The first kappa shape index (κ1) is 13.4. The summed E-state index contributed by atoms with van der Waals surface area (Å²) in [6.45, 7) is 5.77. The van der Waals surface area contributed by atoms with Crippen molar-refractivity contribution in [1.82, 2.24) is 9.03 Å². The first-order chi connectivity index (χ1) is 7.13. The molecule has 0 spiro atoms. The number of nitrogens with one attached hydrogen (secondary N) is 2. The maximum atomic E-state index is 12.0. The van der Waals surface area contributed by atoms with Gasteiger partial charge in [0.1, 0.15) is 5.84 Å². The smallest absolute Gasteiger partial charge is 0.280 e. The van der Waals surface area contributed by atoms with E-state index >= 15 is 0 Å². The van der Waals surface area contributed by atoms with E-state index in [-0.39, 0.29) is 5.84 Å². The molecular weight excluding hydrogens is 228 g/mol. The summed E-state index contributed by atoms with van der Waals surface area (Å²) in [5, 5.41) is 7.38. The van der Waals surface area contributed by atoms with Crippen LogP contribution in [0.2, 0.25) is 0 Å². The summed E-state index contributed by atoms with van der Waals surface area (Å²) >= 11 is 0. The molecule has 0 aliphatic carbocycles. The fourth-order valence-corrected chi connectivity index (χ4v) is 3.60. The highest BCUT2D eigenvalue weighted by Crippen LogP contribution is 2.21. The van der Waals surface area contributed by atoms with E-state index in [1.807, 2.05) is 0 Å². The van der Waals surface area contributed by atoms with E-state index in [1.54, 1.807) is 20.8 Å². The van der Waals surface area contributed by atoms with Gasteiger partial charge in [0.2, 0.25) is 0 Å². The predicted molar refractivity (Wildman–Crippen MR) is 63.5 cm³/mol. The average Bonchev–Trinajstić information content (AvgIpc) is 2.45. The van der Waals surface area contributed by atoms with Gasteiger partial charge in [-0.25, -0.2) is 0 Å². The van der Waals surface area contributed by atoms with Crippen LogP contribution in [-0.2, 0) is 10.2 Å². The Morgan fingerprint density at radius 1 is 1.50 bits per heavy atom. The molecule has 1 heterocycles. The Hall–Kier alpha value is -0.660. The van der Waals surface area contributed by atoms with Gasteiger partial charge in [-0.15, -0.1) is 0 Å². The Labute approximate surface area is 96.9 Å². The summed E-state index contributed by atoms with van der Waals surface area (Å²) in [4.78, 5) is 0. The second-order valence-corrected chi connectivity index (χ2v) is 6.70. The van der Waals surface area contributed by atoms with E-state index in [2.05, 4.69) is 4.72 Å². The summed E-state index contributed by atoms with van der Waals surface area (Å²) in [7, 11) is -3.55. The quantitative estimate of drug-likeness (QED) is 0.485. The average molecular weight is 248 g/mol. The van der Waals surface area contributed by atoms with Crippen molar-refractivity contribution in [3.63, 3.8) is 0 Å². The van der Waals surface area contributed by atoms with Crippen LogP contribution in [0.15, 0.2) is 0 Å². The highest BCUT2D eigenvalue weighted by molar-refractivity contribution is 7.87. The molecule has 7 heteroatoms. The molecule has 6 nitrogen and oxygen atoms in total. The summed E-state index contributed by atoms with van der Waals surface area (Å²) in [5.74, 6) is -0.0863. The molecule has 1 saturated heterocycles. The molecule has 16 heavy (non-hydrogen) atoms. The molecule has 0 bridgehead atoms. The molecule has 1 fully saturated rings. The third kappa shape index (κ3) is 3.16. The lowest BCUT2D eigenvalue weighted by atomic mass is 10.1. The van der Waals surface area contributed by atoms with Crippen molar-refractivity contribution >= 4 is 16.0 Å². The van der Waals surface area contributed by atoms with Crippen molar-refractivity contribution < 1.29 is 8.42 Å². The van der Waals surface area contributed by atoms with Crippen molar-refractivity contribution in [2.24, 2.45) is 5.73 Å². The first-order valence-corrected chi connectivity index (χ1v) is 6.72. The van der Waals surface area contributed by atoms with Crippen LogP contribution in [0, 0.1) is 5.41 Å². The van der Waals surface area contributed by atoms with Crippen LogP contribution in [0.4, 0.5) is 0 Å². The molecule has 1 aliphatic heterocycles. The van der Waals surface area contributed by atoms with Crippen molar-refractivity contribution in [1.29, 1.82) is 5.41 Å². The van der Waals surface area contributed by atoms with E-state index in [1.165, 1.54) is 4.31 Å². The van der Waals surface area contributed by atoms with Gasteiger partial charge in [-0.2, -0.15) is 17.4 Å². The predicted octanol–water partition coefficient (Wildman–Crippen LogP) is 0.0197. The molecule has 0 saturated carbocycles. The fraction of sp³-hybridized carbons (Fsp3) is 0.889. The van der Waals surface area contributed by atoms with Crippen molar-refractivity contribution in [2.75, 3.05) is 6.54 Å². The number of hydrogen-bond acceptors (Lipinski definition) is 3. The lowest BCUT2D eigenvalue weighted by Gasteiger charge is -2.28. The Bertz CT molecular complexity index is 371. The fourth-order valence-electron chi connectivity index (χ4n) is 1.78. The summed E-state index contributed by atoms with van der Waals surface area (Å²) in [6, 6.07) is -0.486. The van der Waals surface area contributed by atoms with E-state index < -0.39 is 21.8 Å². The van der Waals surface area contributed by atoms with Crippen LogP contribution in [-0.4, -0.2) is 36.7 Å². The third-order valence-electron chi connectivity index (χ3n) is 2.31. The van der Waals surface area contributed by atoms with Gasteiger partial charge in [0.25, 0.3) is 10.2 Å². The zero-order valence-electron chi connectivity index (χ0n) is 9.95. The Kier molecular flexibility index (Phi) is 3.61. The molecule has 94 valence electrons. The first-order valence-electron chi connectivity index (χ1n) is 5.28. The van der Waals surface area contributed by atoms with E-state index in [9.17, 15) is 8.42 Å². The van der Waals surface area contributed by atoms with Gasteiger partial charge in [-0.3, -0.25) is 5.41 Å². The number of hydrogen-bond donors (Lipinski definition) is 3. The number of rotatable bonds is 3. The SMILES string of the molecule is CC(C)(C)NS(=O)(=O)N1CCCC1C(=N)N. The highest BCUT2D eigenvalue weighted by Gasteiger charge is 2.37. The van der Waals surface area contributed by atoms with E-state index in [0.717, 1.165) is 6.42 Å². The van der Waals surface area contributed by atoms with Gasteiger partial charge in [0.05, 0.1) is 6.04 Å². The van der Waals surface area contributed by atoms with Gasteiger partial charge in [-0.05, 0) is 33.6 Å². The molecule has 0 aromatic carbocycles. The van der Waals surface area contributed by atoms with Crippen molar-refractivity contribution in [3.05, 3.63) is 0 Å². The highest BCUT2D eigenvalue weighted by atomic mass is 32.2. The third-order valence-corrected chi connectivity index (χ3v) is 4.23. The Morgan fingerprint density at radius 3 is 2.50 bits per heavy atom. The number of nitrogens with two attached hydrogens (primary N) is 1. The minimum absolute atomic E-state index is 0.0863. The molecule has 1 atom stereocenters. The van der Waals surface area contributed by atoms with Crippen LogP contribution >= 0.6 is 0 Å². The summed E-state index contributed by atoms with van der Waals surface area (Å²) in [6.07, 6.45) is 1.37. The van der Waals surface area contributed by atoms with Crippen LogP contribution in [0.1, 0.15) is 33.6 Å². The maximum Gasteiger partial charge on any atom is 0.280 e. The largest absolute Gasteiger partial charge is 0.386 e. The number of amidine groups is 1. The summed E-state index contributed by atoms with van der Waals surface area (Å²) < 4.78 is 27.9. The molecule has 0 amide bonds. The molecule has 0 aromatic rings. The maximum absolute atomic E-state index is 12.0. The van der Waals surface area contributed by atoms with Gasteiger partial charge in [0, 0.05) is 12.1 Å². The zero-order chi connectivity index (χ0) is 12.6. The standard InChI is InChI=1S/C9H20N4O2S/c1-9(2,3)12-16(14,15)13-6-4-5-7(13)8(10)11/h7,12H,4-6H2,1-3H3,(H3,10,11). The van der Waals surface area contributed by atoms with Crippen LogP contribution < -0.4 is 10.5 Å². The second kappa shape index (κ2) is 4.31. The van der Waals surface area contributed by atoms with E-state index in [0.29, 0.717) is 13.0 Å². The minimum Gasteiger partial charge on any atom is -0.386 e. The van der Waals surface area contributed by atoms with E-state index in [4.69, 9.17) is 11.1 Å². The molecule has 1 aliphatic rings.